The van der Waals surface area contributed by atoms with Crippen LogP contribution in [0, 0.1) is 0 Å². The number of fused-ring (bicyclic) bond motifs is 1. The Kier molecular flexibility index (Phi) is 4.25. The minimum atomic E-state index is -3.79. The molecule has 0 amide bonds. The molecule has 1 N–H and O–H groups in total. The number of Topliss-reactive ketones (excluding diaryl/α,β-unsaturated/α-hetero) is 1. The van der Waals surface area contributed by atoms with Gasteiger partial charge in [0.25, 0.3) is 10.0 Å². The fraction of sp³-hybridized carbons (Fsp3) is 0.125. The lowest BCUT2D eigenvalue weighted by molar-refractivity contribution is 0.101. The van der Waals surface area contributed by atoms with Gasteiger partial charge in [-0.3, -0.25) is 4.79 Å². The second kappa shape index (κ2) is 6.21. The van der Waals surface area contributed by atoms with Crippen LogP contribution in [0.2, 0.25) is 0 Å². The molecule has 1 heterocycles. The zero-order valence-corrected chi connectivity index (χ0v) is 14.7. The average molecular weight is 361 g/mol. The maximum absolute atomic E-state index is 12.3. The van der Waals surface area contributed by atoms with E-state index in [0.29, 0.717) is 10.4 Å². The summed E-state index contributed by atoms with van der Waals surface area (Å²) in [6, 6.07) is 13.5. The fourth-order valence-electron chi connectivity index (χ4n) is 2.21. The lowest BCUT2D eigenvalue weighted by Gasteiger charge is -2.03. The molecule has 0 bridgehead atoms. The predicted octanol–water partition coefficient (Wildman–Crippen LogP) is 2.24. The van der Waals surface area contributed by atoms with Crippen LogP contribution in [0.3, 0.4) is 0 Å². The zero-order chi connectivity index (χ0) is 17.3. The van der Waals surface area contributed by atoms with Crippen LogP contribution in [0.15, 0.2) is 58.5 Å². The molecular formula is C16H15N3O3S2. The molecular weight excluding hydrogens is 346 g/mol. The first-order valence-electron chi connectivity index (χ1n) is 7.09. The summed E-state index contributed by atoms with van der Waals surface area (Å²) in [5.74, 6) is -0.117. The van der Waals surface area contributed by atoms with E-state index < -0.39 is 10.0 Å². The van der Waals surface area contributed by atoms with E-state index in [4.69, 9.17) is 0 Å². The first-order chi connectivity index (χ1) is 11.4. The number of benzene rings is 2. The molecule has 1 aromatic heterocycles. The first-order valence-corrected chi connectivity index (χ1v) is 9.39. The number of para-hydroxylation sites is 1. The predicted molar refractivity (Wildman–Crippen MR) is 93.1 cm³/mol. The highest BCUT2D eigenvalue weighted by Gasteiger charge is 2.13. The van der Waals surface area contributed by atoms with Gasteiger partial charge in [0.2, 0.25) is 4.80 Å². The van der Waals surface area contributed by atoms with Crippen LogP contribution in [0.25, 0.3) is 10.2 Å². The van der Waals surface area contributed by atoms with E-state index in [9.17, 15) is 13.2 Å². The van der Waals surface area contributed by atoms with Crippen molar-refractivity contribution in [2.75, 3.05) is 0 Å². The molecule has 0 unspecified atom stereocenters. The molecule has 0 spiro atoms. The van der Waals surface area contributed by atoms with Gasteiger partial charge < -0.3 is 4.57 Å². The van der Waals surface area contributed by atoms with Crippen LogP contribution in [0.1, 0.15) is 17.3 Å². The first kappa shape index (κ1) is 16.4. The van der Waals surface area contributed by atoms with Gasteiger partial charge in [-0.15, -0.1) is 5.10 Å². The Morgan fingerprint density at radius 2 is 1.79 bits per heavy atom. The van der Waals surface area contributed by atoms with Crippen molar-refractivity contribution in [3.05, 3.63) is 58.9 Å². The van der Waals surface area contributed by atoms with Gasteiger partial charge in [-0.1, -0.05) is 35.6 Å². The maximum atomic E-state index is 12.3. The van der Waals surface area contributed by atoms with E-state index in [0.717, 1.165) is 10.2 Å². The van der Waals surface area contributed by atoms with E-state index in [1.54, 1.807) is 0 Å². The molecule has 0 saturated carbocycles. The normalized spacial score (nSPS) is 12.5. The second-order valence-electron chi connectivity index (χ2n) is 5.20. The minimum absolute atomic E-state index is 0.0556. The van der Waals surface area contributed by atoms with Crippen LogP contribution in [-0.4, -0.2) is 18.8 Å². The highest BCUT2D eigenvalue weighted by atomic mass is 32.2. The van der Waals surface area contributed by atoms with Crippen LogP contribution in [0.4, 0.5) is 0 Å². The lowest BCUT2D eigenvalue weighted by atomic mass is 10.2. The number of thiazole rings is 1. The summed E-state index contributed by atoms with van der Waals surface area (Å²) in [5.41, 5.74) is 1.44. The summed E-state index contributed by atoms with van der Waals surface area (Å²) in [5, 5.41) is 4.03. The van der Waals surface area contributed by atoms with Crippen molar-refractivity contribution < 1.29 is 13.2 Å². The van der Waals surface area contributed by atoms with Gasteiger partial charge in [0.05, 0.1) is 15.1 Å². The van der Waals surface area contributed by atoms with Crippen molar-refractivity contribution in [3.8, 4) is 0 Å². The molecule has 24 heavy (non-hydrogen) atoms. The molecule has 0 aliphatic heterocycles. The Morgan fingerprint density at radius 1 is 1.12 bits per heavy atom. The van der Waals surface area contributed by atoms with Gasteiger partial charge in [-0.25, -0.2) is 0 Å². The lowest BCUT2D eigenvalue weighted by Crippen LogP contribution is -2.23. The Balaban J connectivity index is 1.94. The molecule has 0 aliphatic rings. The van der Waals surface area contributed by atoms with Crippen LogP contribution in [-0.2, 0) is 17.1 Å². The summed E-state index contributed by atoms with van der Waals surface area (Å²) < 4.78 is 27.5. The molecule has 0 atom stereocenters. The summed E-state index contributed by atoms with van der Waals surface area (Å²) in [6.45, 7) is 1.43. The molecule has 6 nitrogen and oxygen atoms in total. The number of sulfonamides is 1. The van der Waals surface area contributed by atoms with Gasteiger partial charge in [0, 0.05) is 12.6 Å². The topological polar surface area (TPSA) is 80.5 Å². The third-order valence-corrected chi connectivity index (χ3v) is 5.88. The van der Waals surface area contributed by atoms with E-state index in [1.165, 1.54) is 42.5 Å². The van der Waals surface area contributed by atoms with Crippen molar-refractivity contribution >= 4 is 37.4 Å². The number of carbonyl (C=O) groups is 1. The SMILES string of the molecule is CC(=O)c1ccc(S(=O)(=O)N/N=c2/sc3ccccc3n2C)cc1. The average Bonchev–Trinajstić information content (AvgIpc) is 2.90. The van der Waals surface area contributed by atoms with E-state index in [1.807, 2.05) is 35.9 Å². The maximum Gasteiger partial charge on any atom is 0.276 e. The fourth-order valence-corrected chi connectivity index (χ4v) is 4.05. The molecule has 124 valence electrons. The highest BCUT2D eigenvalue weighted by Crippen LogP contribution is 2.15. The van der Waals surface area contributed by atoms with Crippen LogP contribution >= 0.6 is 11.3 Å². The largest absolute Gasteiger partial charge is 0.318 e. The number of carbonyl (C=O) groups excluding carboxylic acids is 1. The van der Waals surface area contributed by atoms with Crippen molar-refractivity contribution in [2.45, 2.75) is 11.8 Å². The van der Waals surface area contributed by atoms with Gasteiger partial charge in [0.1, 0.15) is 0 Å². The van der Waals surface area contributed by atoms with Crippen LogP contribution < -0.4 is 9.63 Å². The van der Waals surface area contributed by atoms with Gasteiger partial charge in [-0.05, 0) is 31.2 Å². The number of aryl methyl sites for hydroxylation is 1. The minimum Gasteiger partial charge on any atom is -0.318 e. The quantitative estimate of drug-likeness (QED) is 0.572. The number of nitrogens with one attached hydrogen (secondary N) is 1. The van der Waals surface area contributed by atoms with Gasteiger partial charge in [0.15, 0.2) is 5.78 Å². The molecule has 0 radical (unpaired) electrons. The van der Waals surface area contributed by atoms with Crippen molar-refractivity contribution in [1.29, 1.82) is 0 Å². The van der Waals surface area contributed by atoms with E-state index >= 15 is 0 Å². The van der Waals surface area contributed by atoms with Gasteiger partial charge in [-0.2, -0.15) is 13.2 Å². The highest BCUT2D eigenvalue weighted by molar-refractivity contribution is 7.89. The van der Waals surface area contributed by atoms with Gasteiger partial charge >= 0.3 is 0 Å². The molecule has 3 aromatic rings. The molecule has 0 fully saturated rings. The zero-order valence-electron chi connectivity index (χ0n) is 13.1. The number of hydrogen-bond acceptors (Lipinski definition) is 5. The Morgan fingerprint density at radius 3 is 2.42 bits per heavy atom. The number of hydrogen-bond donors (Lipinski definition) is 1. The third kappa shape index (κ3) is 3.10. The molecule has 2 aromatic carbocycles. The summed E-state index contributed by atoms with van der Waals surface area (Å²) in [6.07, 6.45) is 0. The Bertz CT molecular complexity index is 1080. The van der Waals surface area contributed by atoms with E-state index in [2.05, 4.69) is 9.93 Å². The molecule has 0 saturated heterocycles. The number of nitrogens with zero attached hydrogens (tertiary/aromatic N) is 2. The summed E-state index contributed by atoms with van der Waals surface area (Å²) in [4.78, 5) is 14.1. The molecule has 3 rings (SSSR count). The van der Waals surface area contributed by atoms with Crippen molar-refractivity contribution in [2.24, 2.45) is 12.1 Å². The summed E-state index contributed by atoms with van der Waals surface area (Å²) >= 11 is 1.39. The Hall–Kier alpha value is -2.45. The van der Waals surface area contributed by atoms with Crippen molar-refractivity contribution in [3.63, 3.8) is 0 Å². The standard InChI is InChI=1S/C16H15N3O3S2/c1-11(20)12-7-9-13(10-8-12)24(21,22)18-17-16-19(2)14-5-3-4-6-15(14)23-16/h3-10,18H,1-2H3/b17-16+. The monoisotopic (exact) mass is 361 g/mol. The number of ketones is 1. The number of aromatic nitrogens is 1. The second-order valence-corrected chi connectivity index (χ2v) is 7.87. The molecule has 8 heteroatoms. The Labute approximate surface area is 143 Å². The van der Waals surface area contributed by atoms with E-state index in [-0.39, 0.29) is 10.7 Å². The van der Waals surface area contributed by atoms with Crippen molar-refractivity contribution in [1.82, 2.24) is 9.40 Å². The van der Waals surface area contributed by atoms with Crippen LogP contribution in [0.5, 0.6) is 0 Å². The smallest absolute Gasteiger partial charge is 0.276 e. The molecule has 0 aliphatic carbocycles. The third-order valence-electron chi connectivity index (χ3n) is 3.55. The number of rotatable bonds is 4. The summed E-state index contributed by atoms with van der Waals surface area (Å²) in [7, 11) is -1.96.